The SMILES string of the molecule is C=C(c1cc(Cl)cc(Cl)c1)C(F)(F)F.COCN(Cc1ccccc1)C[Si](C)(C)C.FC(F)(F)C1(c2cc(Cl)cc(Cl)c2)CCN(Cc2ccccc2)C1.O=C(O)C(F)(F)F. The molecule has 1 atom stereocenters. The molecule has 19 heteroatoms. The number of carbonyl (C=O) groups is 1. The van der Waals surface area contributed by atoms with Crippen LogP contribution in [-0.4, -0.2) is 80.6 Å². The monoisotopic (exact) mass is 964 g/mol. The molecule has 1 N–H and O–H groups in total. The Kier molecular flexibility index (Phi) is 20.7. The number of aliphatic carboxylic acids is 1. The number of rotatable bonds is 10. The lowest BCUT2D eigenvalue weighted by atomic mass is 9.79. The van der Waals surface area contributed by atoms with Gasteiger partial charge in [0.05, 0.1) is 20.4 Å². The molecule has 5 rings (SSSR count). The third-order valence-corrected chi connectivity index (χ3v) is 10.9. The molecule has 1 saturated heterocycles. The number of halogens is 13. The highest BCUT2D eigenvalue weighted by molar-refractivity contribution is 6.76. The molecule has 0 amide bonds. The molecule has 0 radical (unpaired) electrons. The maximum Gasteiger partial charge on any atom is 0.490 e. The summed E-state index contributed by atoms with van der Waals surface area (Å²) in [6.07, 6.45) is -12.7. The van der Waals surface area contributed by atoms with E-state index in [1.54, 1.807) is 7.11 Å². The van der Waals surface area contributed by atoms with Crippen molar-refractivity contribution >= 4 is 66.0 Å². The van der Waals surface area contributed by atoms with Crippen molar-refractivity contribution in [3.63, 3.8) is 0 Å². The molecule has 0 aromatic heterocycles. The van der Waals surface area contributed by atoms with Crippen LogP contribution in [-0.2, 0) is 28.0 Å². The molecule has 1 unspecified atom stereocenters. The standard InChI is InChI=1S/C18H16Cl2F3N.C13H23NOSi.C9H5Cl2F3.C2HF3O2/c19-15-8-14(9-16(20)10-15)17(18(21,22)23)6-7-24(12-17)11-13-4-2-1-3-5-13;1-15-11-14(12-16(2,3)4)10-13-8-6-5-7-9-13;1-5(9(12,13)14)6-2-7(10)4-8(11)3-6;3-2(4,5)1(6)7/h1-5,8-10H,6-7,11-12H2;5-9H,10-12H2,1-4H3;2-4H,1H2;(H,6,7). The summed E-state index contributed by atoms with van der Waals surface area (Å²) in [7, 11) is 0.701. The van der Waals surface area contributed by atoms with Gasteiger partial charge in [-0.25, -0.2) is 4.79 Å². The Balaban J connectivity index is 0.000000303. The molecule has 0 saturated carbocycles. The molecule has 1 heterocycles. The summed E-state index contributed by atoms with van der Waals surface area (Å²) in [6.45, 7) is 12.6. The number of carboxylic acids is 1. The molecule has 336 valence electrons. The maximum absolute atomic E-state index is 14.0. The van der Waals surface area contributed by atoms with Crippen molar-refractivity contribution in [2.24, 2.45) is 0 Å². The van der Waals surface area contributed by atoms with Crippen LogP contribution >= 0.6 is 46.4 Å². The highest BCUT2D eigenvalue weighted by Gasteiger charge is 2.59. The Morgan fingerprint density at radius 3 is 1.61 bits per heavy atom. The zero-order valence-electron chi connectivity index (χ0n) is 33.5. The predicted octanol–water partition coefficient (Wildman–Crippen LogP) is 13.9. The quantitative estimate of drug-likeness (QED) is 0.0975. The van der Waals surface area contributed by atoms with Crippen LogP contribution < -0.4 is 0 Å². The lowest BCUT2D eigenvalue weighted by molar-refractivity contribution is -0.192. The number of methoxy groups -OCH3 is 1. The van der Waals surface area contributed by atoms with Crippen molar-refractivity contribution in [3.8, 4) is 0 Å². The normalized spacial score (nSPS) is 15.8. The maximum atomic E-state index is 14.0. The van der Waals surface area contributed by atoms with Gasteiger partial charge in [0.25, 0.3) is 0 Å². The minimum absolute atomic E-state index is 0.00000465. The predicted molar refractivity (Wildman–Crippen MR) is 228 cm³/mol. The van der Waals surface area contributed by atoms with E-state index >= 15 is 0 Å². The molecular formula is C42H45Cl4F9N2O3Si. The van der Waals surface area contributed by atoms with Gasteiger partial charge in [-0.15, -0.1) is 0 Å². The Morgan fingerprint density at radius 1 is 0.770 bits per heavy atom. The number of benzene rings is 4. The highest BCUT2D eigenvalue weighted by Crippen LogP contribution is 2.49. The van der Waals surface area contributed by atoms with E-state index in [1.807, 2.05) is 35.2 Å². The van der Waals surface area contributed by atoms with Gasteiger partial charge in [-0.1, -0.05) is 133 Å². The number of alkyl halides is 9. The van der Waals surface area contributed by atoms with Crippen molar-refractivity contribution in [2.45, 2.75) is 63.1 Å². The summed E-state index contributed by atoms with van der Waals surface area (Å²) in [6, 6.07) is 28.0. The van der Waals surface area contributed by atoms with Crippen LogP contribution in [0.1, 0.15) is 28.7 Å². The summed E-state index contributed by atoms with van der Waals surface area (Å²) in [4.78, 5) is 13.1. The van der Waals surface area contributed by atoms with E-state index < -0.39 is 43.6 Å². The van der Waals surface area contributed by atoms with Gasteiger partial charge < -0.3 is 9.84 Å². The zero-order valence-corrected chi connectivity index (χ0v) is 37.5. The average molecular weight is 967 g/mol. The Bertz CT molecular complexity index is 1960. The number of nitrogens with zero attached hydrogens (tertiary/aromatic N) is 2. The van der Waals surface area contributed by atoms with E-state index in [1.165, 1.54) is 48.1 Å². The number of ether oxygens (including phenoxy) is 1. The van der Waals surface area contributed by atoms with Crippen LogP contribution in [0.4, 0.5) is 39.5 Å². The number of hydrogen-bond acceptors (Lipinski definition) is 4. The molecule has 1 fully saturated rings. The minimum atomic E-state index is -5.08. The molecule has 0 spiro atoms. The van der Waals surface area contributed by atoms with Gasteiger partial charge in [-0.05, 0) is 77.8 Å². The fourth-order valence-corrected chi connectivity index (χ4v) is 8.66. The largest absolute Gasteiger partial charge is 0.490 e. The molecule has 4 aromatic rings. The first-order valence-electron chi connectivity index (χ1n) is 18.1. The number of allylic oxidation sites excluding steroid dienone is 1. The van der Waals surface area contributed by atoms with Crippen molar-refractivity contribution in [1.29, 1.82) is 0 Å². The molecule has 4 aromatic carbocycles. The van der Waals surface area contributed by atoms with Crippen LogP contribution in [0.3, 0.4) is 0 Å². The highest BCUT2D eigenvalue weighted by atomic mass is 35.5. The van der Waals surface area contributed by atoms with Crippen LogP contribution in [0.25, 0.3) is 5.57 Å². The van der Waals surface area contributed by atoms with Gasteiger partial charge in [0.15, 0.2) is 0 Å². The van der Waals surface area contributed by atoms with E-state index in [4.69, 9.17) is 61.0 Å². The molecule has 61 heavy (non-hydrogen) atoms. The van der Waals surface area contributed by atoms with E-state index in [0.29, 0.717) is 13.1 Å². The number of hydrogen-bond donors (Lipinski definition) is 1. The lowest BCUT2D eigenvalue weighted by Crippen LogP contribution is -2.44. The smallest absolute Gasteiger partial charge is 0.475 e. The summed E-state index contributed by atoms with van der Waals surface area (Å²) >= 11 is 23.0. The van der Waals surface area contributed by atoms with Crippen molar-refractivity contribution in [3.05, 3.63) is 146 Å². The van der Waals surface area contributed by atoms with Gasteiger partial charge in [0, 0.05) is 46.8 Å². The van der Waals surface area contributed by atoms with Crippen LogP contribution in [0.15, 0.2) is 104 Å². The third kappa shape index (κ3) is 18.9. The third-order valence-electron chi connectivity index (χ3n) is 8.61. The van der Waals surface area contributed by atoms with E-state index in [0.717, 1.165) is 18.8 Å². The Labute approximate surface area is 370 Å². The molecule has 0 aliphatic carbocycles. The minimum Gasteiger partial charge on any atom is -0.475 e. The molecule has 1 aliphatic heterocycles. The Morgan fingerprint density at radius 2 is 1.21 bits per heavy atom. The fourth-order valence-electron chi connectivity index (χ4n) is 6.06. The van der Waals surface area contributed by atoms with Crippen LogP contribution in [0.2, 0.25) is 39.7 Å². The van der Waals surface area contributed by atoms with Gasteiger partial charge >= 0.3 is 24.5 Å². The summed E-state index contributed by atoms with van der Waals surface area (Å²) in [5.74, 6) is -2.76. The zero-order chi connectivity index (χ0) is 46.4. The second kappa shape index (κ2) is 23.4. The van der Waals surface area contributed by atoms with Crippen molar-refractivity contribution < 1.29 is 54.2 Å². The van der Waals surface area contributed by atoms with E-state index in [2.05, 4.69) is 61.5 Å². The average Bonchev–Trinajstić information content (AvgIpc) is 3.56. The van der Waals surface area contributed by atoms with E-state index in [9.17, 15) is 39.5 Å². The molecular weight excluding hydrogens is 921 g/mol. The van der Waals surface area contributed by atoms with Crippen molar-refractivity contribution in [1.82, 2.24) is 9.80 Å². The fraction of sp³-hybridized carbons (Fsp3) is 0.357. The summed E-state index contributed by atoms with van der Waals surface area (Å²) in [5.41, 5.74) is -0.506. The molecule has 5 nitrogen and oxygen atoms in total. The lowest BCUT2D eigenvalue weighted by Gasteiger charge is -2.33. The van der Waals surface area contributed by atoms with Gasteiger partial charge in [-0.2, -0.15) is 39.5 Å². The topological polar surface area (TPSA) is 53.0 Å². The van der Waals surface area contributed by atoms with Gasteiger partial charge in [0.1, 0.15) is 5.41 Å². The summed E-state index contributed by atoms with van der Waals surface area (Å²) in [5, 5.41) is 7.88. The first-order chi connectivity index (χ1) is 28.1. The van der Waals surface area contributed by atoms with Crippen LogP contribution in [0, 0.1) is 0 Å². The van der Waals surface area contributed by atoms with Crippen molar-refractivity contribution in [2.75, 3.05) is 33.1 Å². The van der Waals surface area contributed by atoms with Gasteiger partial charge in [0.2, 0.25) is 0 Å². The number of carboxylic acid groups (broad SMARTS) is 1. The molecule has 1 aliphatic rings. The van der Waals surface area contributed by atoms with Crippen LogP contribution in [0.5, 0.6) is 0 Å². The first kappa shape index (κ1) is 53.9. The van der Waals surface area contributed by atoms with E-state index in [-0.39, 0.29) is 44.2 Å². The molecule has 0 bridgehead atoms. The second-order valence-corrected chi connectivity index (χ2v) is 22.3. The Hall–Kier alpha value is -3.28. The first-order valence-corrected chi connectivity index (χ1v) is 23.4. The number of likely N-dealkylation sites (tertiary alicyclic amines) is 1. The van der Waals surface area contributed by atoms with Gasteiger partial charge in [-0.3, -0.25) is 9.80 Å². The second-order valence-electron chi connectivity index (χ2n) is 15.1. The summed E-state index contributed by atoms with van der Waals surface area (Å²) < 4.78 is 116.